The SMILES string of the molecule is COC(=O)c1ccc(NC(=O)c2cc(C)c(C)c(C)c2)cc1C. The zero-order valence-electron chi connectivity index (χ0n) is 14.1. The van der Waals surface area contributed by atoms with E-state index in [1.807, 2.05) is 39.8 Å². The molecule has 1 N–H and O–H groups in total. The van der Waals surface area contributed by atoms with E-state index in [1.54, 1.807) is 18.2 Å². The van der Waals surface area contributed by atoms with E-state index in [4.69, 9.17) is 4.74 Å². The van der Waals surface area contributed by atoms with Crippen LogP contribution in [0.25, 0.3) is 0 Å². The Bertz CT molecular complexity index is 755. The van der Waals surface area contributed by atoms with E-state index < -0.39 is 0 Å². The van der Waals surface area contributed by atoms with Crippen LogP contribution in [0.4, 0.5) is 5.69 Å². The average Bonchev–Trinajstić information content (AvgIpc) is 2.51. The molecule has 0 aromatic heterocycles. The average molecular weight is 311 g/mol. The van der Waals surface area contributed by atoms with Crippen LogP contribution in [0, 0.1) is 27.7 Å². The number of rotatable bonds is 3. The molecule has 0 spiro atoms. The van der Waals surface area contributed by atoms with Gasteiger partial charge in [0.1, 0.15) is 0 Å². The molecule has 0 aliphatic rings. The molecule has 0 bridgehead atoms. The van der Waals surface area contributed by atoms with Crippen LogP contribution in [-0.2, 0) is 4.74 Å². The molecule has 0 aliphatic carbocycles. The van der Waals surface area contributed by atoms with Gasteiger partial charge in [-0.15, -0.1) is 0 Å². The fourth-order valence-corrected chi connectivity index (χ4v) is 2.45. The minimum atomic E-state index is -0.384. The van der Waals surface area contributed by atoms with E-state index in [2.05, 4.69) is 5.32 Å². The summed E-state index contributed by atoms with van der Waals surface area (Å²) in [4.78, 5) is 24.0. The van der Waals surface area contributed by atoms with Gasteiger partial charge < -0.3 is 10.1 Å². The van der Waals surface area contributed by atoms with Gasteiger partial charge in [0.25, 0.3) is 5.91 Å². The van der Waals surface area contributed by atoms with Crippen molar-refractivity contribution in [1.82, 2.24) is 0 Å². The predicted octanol–water partition coefficient (Wildman–Crippen LogP) is 3.96. The van der Waals surface area contributed by atoms with E-state index in [-0.39, 0.29) is 11.9 Å². The highest BCUT2D eigenvalue weighted by Crippen LogP contribution is 2.19. The first-order chi connectivity index (χ1) is 10.8. The summed E-state index contributed by atoms with van der Waals surface area (Å²) in [7, 11) is 1.35. The lowest BCUT2D eigenvalue weighted by molar-refractivity contribution is 0.0600. The van der Waals surface area contributed by atoms with Gasteiger partial charge in [0.15, 0.2) is 0 Å². The zero-order chi connectivity index (χ0) is 17.1. The van der Waals surface area contributed by atoms with E-state index in [1.165, 1.54) is 12.7 Å². The number of hydrogen-bond donors (Lipinski definition) is 1. The molecule has 0 heterocycles. The van der Waals surface area contributed by atoms with Crippen LogP contribution in [0.1, 0.15) is 43.0 Å². The molecule has 2 aromatic rings. The summed E-state index contributed by atoms with van der Waals surface area (Å²) in [5.74, 6) is -0.549. The fraction of sp³-hybridized carbons (Fsp3) is 0.263. The van der Waals surface area contributed by atoms with Crippen molar-refractivity contribution >= 4 is 17.6 Å². The third-order valence-electron chi connectivity index (χ3n) is 4.08. The predicted molar refractivity (Wildman–Crippen MR) is 91.1 cm³/mol. The van der Waals surface area contributed by atoms with Crippen LogP contribution in [0.15, 0.2) is 30.3 Å². The molecule has 0 saturated carbocycles. The first kappa shape index (κ1) is 16.7. The van der Waals surface area contributed by atoms with Crippen LogP contribution in [0.2, 0.25) is 0 Å². The molecular weight excluding hydrogens is 290 g/mol. The second-order valence-electron chi connectivity index (χ2n) is 5.71. The molecule has 0 unspecified atom stereocenters. The number of amides is 1. The molecule has 0 atom stereocenters. The van der Waals surface area contributed by atoms with Crippen LogP contribution in [0.3, 0.4) is 0 Å². The number of anilines is 1. The molecule has 2 aromatic carbocycles. The third kappa shape index (κ3) is 3.59. The van der Waals surface area contributed by atoms with Gasteiger partial charge in [-0.3, -0.25) is 4.79 Å². The summed E-state index contributed by atoms with van der Waals surface area (Å²) < 4.78 is 4.72. The Morgan fingerprint density at radius 1 is 0.913 bits per heavy atom. The van der Waals surface area contributed by atoms with Crippen LogP contribution < -0.4 is 5.32 Å². The lowest BCUT2D eigenvalue weighted by Crippen LogP contribution is -2.13. The number of carbonyl (C=O) groups excluding carboxylic acids is 2. The Hall–Kier alpha value is -2.62. The number of esters is 1. The van der Waals surface area contributed by atoms with E-state index >= 15 is 0 Å². The molecule has 0 fully saturated rings. The number of methoxy groups -OCH3 is 1. The molecule has 23 heavy (non-hydrogen) atoms. The Morgan fingerprint density at radius 2 is 1.52 bits per heavy atom. The quantitative estimate of drug-likeness (QED) is 0.873. The van der Waals surface area contributed by atoms with Gasteiger partial charge in [-0.05, 0) is 80.3 Å². The van der Waals surface area contributed by atoms with Gasteiger partial charge in [0, 0.05) is 11.3 Å². The van der Waals surface area contributed by atoms with Crippen molar-refractivity contribution in [2.24, 2.45) is 0 Å². The second kappa shape index (κ2) is 6.65. The molecule has 2 rings (SSSR count). The van der Waals surface area contributed by atoms with Crippen molar-refractivity contribution < 1.29 is 14.3 Å². The molecule has 4 nitrogen and oxygen atoms in total. The van der Waals surface area contributed by atoms with Crippen LogP contribution >= 0.6 is 0 Å². The molecule has 0 radical (unpaired) electrons. The Balaban J connectivity index is 2.24. The van der Waals surface area contributed by atoms with Crippen LogP contribution in [-0.4, -0.2) is 19.0 Å². The van der Waals surface area contributed by atoms with Gasteiger partial charge >= 0.3 is 5.97 Å². The molecule has 120 valence electrons. The molecular formula is C19H21NO3. The van der Waals surface area contributed by atoms with Crippen molar-refractivity contribution in [3.8, 4) is 0 Å². The van der Waals surface area contributed by atoms with Crippen LogP contribution in [0.5, 0.6) is 0 Å². The maximum Gasteiger partial charge on any atom is 0.338 e. The van der Waals surface area contributed by atoms with Crippen molar-refractivity contribution in [3.05, 3.63) is 63.7 Å². The van der Waals surface area contributed by atoms with E-state index in [0.717, 1.165) is 16.7 Å². The van der Waals surface area contributed by atoms with Gasteiger partial charge in [-0.25, -0.2) is 4.79 Å². The molecule has 1 amide bonds. The molecule has 4 heteroatoms. The second-order valence-corrected chi connectivity index (χ2v) is 5.71. The Kier molecular flexibility index (Phi) is 4.84. The van der Waals surface area contributed by atoms with Gasteiger partial charge in [-0.1, -0.05) is 0 Å². The maximum atomic E-state index is 12.4. The summed E-state index contributed by atoms with van der Waals surface area (Å²) in [6.07, 6.45) is 0. The summed E-state index contributed by atoms with van der Waals surface area (Å²) in [6.45, 7) is 7.84. The highest BCUT2D eigenvalue weighted by molar-refractivity contribution is 6.05. The Morgan fingerprint density at radius 3 is 2.04 bits per heavy atom. The number of benzene rings is 2. The summed E-state index contributed by atoms with van der Waals surface area (Å²) in [5.41, 5.74) is 5.90. The van der Waals surface area contributed by atoms with Crippen molar-refractivity contribution in [1.29, 1.82) is 0 Å². The minimum absolute atomic E-state index is 0.165. The summed E-state index contributed by atoms with van der Waals surface area (Å²) in [5, 5.41) is 2.87. The van der Waals surface area contributed by atoms with E-state index in [9.17, 15) is 9.59 Å². The first-order valence-electron chi connectivity index (χ1n) is 7.41. The standard InChI is InChI=1S/C19H21NO3/c1-11-8-15(9-12(2)14(11)4)18(21)20-16-6-7-17(13(3)10-16)19(22)23-5/h6-10H,1-5H3,(H,20,21). The normalized spacial score (nSPS) is 10.3. The highest BCUT2D eigenvalue weighted by atomic mass is 16.5. The largest absolute Gasteiger partial charge is 0.465 e. The lowest BCUT2D eigenvalue weighted by atomic mass is 10.00. The summed E-state index contributed by atoms with van der Waals surface area (Å²) in [6, 6.07) is 8.88. The number of hydrogen-bond acceptors (Lipinski definition) is 3. The van der Waals surface area contributed by atoms with E-state index in [0.29, 0.717) is 16.8 Å². The Labute approximate surface area is 136 Å². The minimum Gasteiger partial charge on any atom is -0.465 e. The topological polar surface area (TPSA) is 55.4 Å². The van der Waals surface area contributed by atoms with Gasteiger partial charge in [-0.2, -0.15) is 0 Å². The fourth-order valence-electron chi connectivity index (χ4n) is 2.45. The van der Waals surface area contributed by atoms with Gasteiger partial charge in [0.2, 0.25) is 0 Å². The summed E-state index contributed by atoms with van der Waals surface area (Å²) >= 11 is 0. The van der Waals surface area contributed by atoms with Crippen molar-refractivity contribution in [2.75, 3.05) is 12.4 Å². The zero-order valence-corrected chi connectivity index (χ0v) is 14.1. The van der Waals surface area contributed by atoms with Gasteiger partial charge in [0.05, 0.1) is 12.7 Å². The molecule has 0 aliphatic heterocycles. The van der Waals surface area contributed by atoms with Crippen molar-refractivity contribution in [2.45, 2.75) is 27.7 Å². The first-order valence-corrected chi connectivity index (χ1v) is 7.41. The maximum absolute atomic E-state index is 12.4. The monoisotopic (exact) mass is 311 g/mol. The number of ether oxygens (including phenoxy) is 1. The number of aryl methyl sites for hydroxylation is 3. The number of carbonyl (C=O) groups is 2. The third-order valence-corrected chi connectivity index (χ3v) is 4.08. The smallest absolute Gasteiger partial charge is 0.338 e. The molecule has 0 saturated heterocycles. The highest BCUT2D eigenvalue weighted by Gasteiger charge is 2.12. The lowest BCUT2D eigenvalue weighted by Gasteiger charge is -2.11. The van der Waals surface area contributed by atoms with Crippen molar-refractivity contribution in [3.63, 3.8) is 0 Å². The number of nitrogens with one attached hydrogen (secondary N) is 1.